The zero-order valence-electron chi connectivity index (χ0n) is 7.70. The van der Waals surface area contributed by atoms with Gasteiger partial charge < -0.3 is 0 Å². The van der Waals surface area contributed by atoms with E-state index >= 15 is 0 Å². The lowest BCUT2D eigenvalue weighted by Crippen LogP contribution is -2.23. The molecule has 0 aliphatic heterocycles. The van der Waals surface area contributed by atoms with Crippen LogP contribution in [0.1, 0.15) is 11.3 Å². The van der Waals surface area contributed by atoms with Crippen molar-refractivity contribution in [3.05, 3.63) is 29.6 Å². The molecule has 4 nitrogen and oxygen atoms in total. The van der Waals surface area contributed by atoms with Crippen LogP contribution in [-0.4, -0.2) is 18.1 Å². The first-order chi connectivity index (χ1) is 6.53. The van der Waals surface area contributed by atoms with Crippen molar-refractivity contribution in [1.29, 1.82) is 0 Å². The molecule has 0 bridgehead atoms. The highest BCUT2D eigenvalue weighted by Gasteiger charge is 2.06. The molecule has 14 heavy (non-hydrogen) atoms. The van der Waals surface area contributed by atoms with Crippen LogP contribution in [0.4, 0.5) is 0 Å². The monoisotopic (exact) mass is 278 g/mol. The molecule has 0 radical (unpaired) electrons. The lowest BCUT2D eigenvalue weighted by atomic mass is 10.2. The first-order valence-corrected chi connectivity index (χ1v) is 6.76. The molecule has 0 spiro atoms. The van der Waals surface area contributed by atoms with Crippen LogP contribution in [0.25, 0.3) is 0 Å². The topological polar surface area (TPSA) is 59.1 Å². The molecule has 78 valence electrons. The predicted molar refractivity (Wildman–Crippen MR) is 58.5 cm³/mol. The summed E-state index contributed by atoms with van der Waals surface area (Å²) < 4.78 is 24.5. The van der Waals surface area contributed by atoms with Gasteiger partial charge in [-0.15, -0.1) is 0 Å². The van der Waals surface area contributed by atoms with Gasteiger partial charge in [-0.05, 0) is 18.6 Å². The highest BCUT2D eigenvalue weighted by atomic mass is 79.9. The van der Waals surface area contributed by atoms with E-state index in [1.165, 1.54) is 0 Å². The van der Waals surface area contributed by atoms with E-state index in [1.807, 2.05) is 19.1 Å². The van der Waals surface area contributed by atoms with Crippen LogP contribution < -0.4 is 4.72 Å². The minimum Gasteiger partial charge on any atom is -0.261 e. The molecule has 0 amide bonds. The summed E-state index contributed by atoms with van der Waals surface area (Å²) in [6, 6.07) is 3.69. The van der Waals surface area contributed by atoms with E-state index in [2.05, 4.69) is 25.6 Å². The fourth-order valence-corrected chi connectivity index (χ4v) is 1.78. The third kappa shape index (κ3) is 3.73. The second kappa shape index (κ2) is 4.86. The van der Waals surface area contributed by atoms with Gasteiger partial charge in [-0.25, -0.2) is 13.1 Å². The van der Waals surface area contributed by atoms with Crippen LogP contribution >= 0.6 is 15.9 Å². The number of nitrogens with zero attached hydrogens (tertiary/aromatic N) is 1. The van der Waals surface area contributed by atoms with Crippen LogP contribution in [-0.2, 0) is 16.6 Å². The molecule has 0 saturated carbocycles. The highest BCUT2D eigenvalue weighted by molar-refractivity contribution is 9.10. The zero-order valence-corrected chi connectivity index (χ0v) is 10.1. The Hall–Kier alpha value is -0.460. The number of nitrogens with one attached hydrogen (secondary N) is 1. The number of sulfonamides is 1. The van der Waals surface area contributed by atoms with Gasteiger partial charge in [0.15, 0.2) is 0 Å². The molecule has 0 aliphatic rings. The van der Waals surface area contributed by atoms with E-state index in [0.29, 0.717) is 0 Å². The lowest BCUT2D eigenvalue weighted by molar-refractivity contribution is 0.586. The Morgan fingerprint density at radius 3 is 2.71 bits per heavy atom. The van der Waals surface area contributed by atoms with Crippen molar-refractivity contribution in [2.45, 2.75) is 13.5 Å². The molecular weight excluding hydrogens is 268 g/mol. The number of hydrogen-bond acceptors (Lipinski definition) is 3. The van der Waals surface area contributed by atoms with E-state index in [1.54, 1.807) is 6.20 Å². The third-order valence-corrected chi connectivity index (χ3v) is 4.29. The highest BCUT2D eigenvalue weighted by Crippen LogP contribution is 2.00. The normalized spacial score (nSPS) is 11.6. The quantitative estimate of drug-likeness (QED) is 0.841. The number of hydrogen-bond donors (Lipinski definition) is 1. The number of pyridine rings is 1. The van der Waals surface area contributed by atoms with Gasteiger partial charge in [0.1, 0.15) is 4.66 Å². The molecule has 1 N–H and O–H groups in total. The summed E-state index contributed by atoms with van der Waals surface area (Å²) in [5.41, 5.74) is 1.76. The van der Waals surface area contributed by atoms with Crippen LogP contribution in [0.5, 0.6) is 0 Å². The van der Waals surface area contributed by atoms with Crippen LogP contribution in [0.2, 0.25) is 0 Å². The summed E-state index contributed by atoms with van der Waals surface area (Å²) in [5.74, 6) is 0. The zero-order chi connectivity index (χ0) is 10.6. The van der Waals surface area contributed by atoms with Crippen LogP contribution in [0.3, 0.4) is 0 Å². The average Bonchev–Trinajstić information content (AvgIpc) is 2.17. The van der Waals surface area contributed by atoms with Crippen molar-refractivity contribution >= 4 is 26.0 Å². The molecule has 0 fully saturated rings. The molecule has 1 aromatic rings. The molecule has 0 unspecified atom stereocenters. The van der Waals surface area contributed by atoms with Gasteiger partial charge >= 0.3 is 0 Å². The summed E-state index contributed by atoms with van der Waals surface area (Å²) in [6.07, 6.45) is 1.66. The van der Waals surface area contributed by atoms with Crippen LogP contribution in [0, 0.1) is 6.92 Å². The Morgan fingerprint density at radius 1 is 1.50 bits per heavy atom. The van der Waals surface area contributed by atoms with Gasteiger partial charge in [0.05, 0.1) is 0 Å². The maximum atomic E-state index is 11.1. The minimum absolute atomic E-state index is 0.0840. The number of aryl methyl sites for hydroxylation is 1. The summed E-state index contributed by atoms with van der Waals surface area (Å²) in [7, 11) is -3.19. The Bertz CT molecular complexity index is 388. The standard InChI is InChI=1S/C8H11BrN2O2S/c1-7-2-3-8(4-10-7)5-11-14(12,13)6-9/h2-4,11H,5-6H2,1H3. The fraction of sp³-hybridized carbons (Fsp3) is 0.375. The minimum atomic E-state index is -3.19. The van der Waals surface area contributed by atoms with Gasteiger partial charge in [0.25, 0.3) is 0 Å². The molecule has 0 aromatic carbocycles. The average molecular weight is 279 g/mol. The Labute approximate surface area is 91.9 Å². The molecule has 0 atom stereocenters. The SMILES string of the molecule is Cc1ccc(CNS(=O)(=O)CBr)cn1. The van der Waals surface area contributed by atoms with Crippen molar-refractivity contribution in [2.24, 2.45) is 0 Å². The smallest absolute Gasteiger partial charge is 0.221 e. The van der Waals surface area contributed by atoms with Crippen molar-refractivity contribution in [2.75, 3.05) is 4.66 Å². The first kappa shape index (κ1) is 11.6. The number of aromatic nitrogens is 1. The van der Waals surface area contributed by atoms with Gasteiger partial charge in [0, 0.05) is 18.4 Å². The summed E-state index contributed by atoms with van der Waals surface area (Å²) in [4.78, 5) is 4.06. The maximum Gasteiger partial charge on any atom is 0.221 e. The van der Waals surface area contributed by atoms with Crippen LogP contribution in [0.15, 0.2) is 18.3 Å². The van der Waals surface area contributed by atoms with E-state index in [-0.39, 0.29) is 11.2 Å². The maximum absolute atomic E-state index is 11.1. The molecule has 1 rings (SSSR count). The van der Waals surface area contributed by atoms with Crippen molar-refractivity contribution < 1.29 is 8.42 Å². The van der Waals surface area contributed by atoms with Crippen molar-refractivity contribution in [3.8, 4) is 0 Å². The van der Waals surface area contributed by atoms with Gasteiger partial charge in [-0.3, -0.25) is 4.98 Å². The second-order valence-electron chi connectivity index (χ2n) is 2.85. The number of halogens is 1. The Morgan fingerprint density at radius 2 is 2.21 bits per heavy atom. The molecule has 1 aromatic heterocycles. The van der Waals surface area contributed by atoms with Crippen molar-refractivity contribution in [3.63, 3.8) is 0 Å². The Kier molecular flexibility index (Phi) is 4.03. The number of alkyl halides is 1. The second-order valence-corrected chi connectivity index (χ2v) is 5.96. The summed E-state index contributed by atoms with van der Waals surface area (Å²) in [6.45, 7) is 2.16. The summed E-state index contributed by atoms with van der Waals surface area (Å²) >= 11 is 2.89. The summed E-state index contributed by atoms with van der Waals surface area (Å²) in [5, 5.41) is 0. The molecule has 0 aliphatic carbocycles. The molecule has 1 heterocycles. The Balaban J connectivity index is 2.59. The molecule has 6 heteroatoms. The number of rotatable bonds is 4. The van der Waals surface area contributed by atoms with Gasteiger partial charge in [-0.2, -0.15) is 0 Å². The lowest BCUT2D eigenvalue weighted by Gasteiger charge is -2.03. The molecule has 0 saturated heterocycles. The van der Waals surface area contributed by atoms with Crippen molar-refractivity contribution in [1.82, 2.24) is 9.71 Å². The fourth-order valence-electron chi connectivity index (χ4n) is 0.835. The predicted octanol–water partition coefficient (Wildman–Crippen LogP) is 1.16. The van der Waals surface area contributed by atoms with E-state index in [9.17, 15) is 8.42 Å². The van der Waals surface area contributed by atoms with E-state index in [4.69, 9.17) is 0 Å². The third-order valence-electron chi connectivity index (χ3n) is 1.61. The van der Waals surface area contributed by atoms with E-state index in [0.717, 1.165) is 11.3 Å². The van der Waals surface area contributed by atoms with E-state index < -0.39 is 10.0 Å². The first-order valence-electron chi connectivity index (χ1n) is 3.98. The largest absolute Gasteiger partial charge is 0.261 e. The van der Waals surface area contributed by atoms with Gasteiger partial charge in [0.2, 0.25) is 10.0 Å². The van der Waals surface area contributed by atoms with Gasteiger partial charge in [-0.1, -0.05) is 22.0 Å². The molecular formula is C8H11BrN2O2S.